The first kappa shape index (κ1) is 24.0. The Bertz CT molecular complexity index is 1470. The number of hydrogen-bond donors (Lipinski definition) is 1. The van der Waals surface area contributed by atoms with Crippen molar-refractivity contribution in [2.24, 2.45) is 0 Å². The van der Waals surface area contributed by atoms with Crippen molar-refractivity contribution in [1.29, 1.82) is 0 Å². The summed E-state index contributed by atoms with van der Waals surface area (Å²) in [6, 6.07) is 25.8. The molecular formula is C31H31N5O2. The molecule has 192 valence electrons. The van der Waals surface area contributed by atoms with Crippen LogP contribution in [0.5, 0.6) is 0 Å². The predicted molar refractivity (Wildman–Crippen MR) is 151 cm³/mol. The molecule has 1 amide bonds. The number of carbonyl (C=O) groups excluding carboxylic acids is 2. The maximum Gasteiger partial charge on any atom is 0.298 e. The highest BCUT2D eigenvalue weighted by molar-refractivity contribution is 6.47. The van der Waals surface area contributed by atoms with E-state index in [1.54, 1.807) is 0 Å². The van der Waals surface area contributed by atoms with E-state index in [4.69, 9.17) is 0 Å². The van der Waals surface area contributed by atoms with Gasteiger partial charge in [0.2, 0.25) is 0 Å². The maximum absolute atomic E-state index is 13.4. The fraction of sp³-hybridized carbons (Fsp3) is 0.258. The lowest BCUT2D eigenvalue weighted by Gasteiger charge is -2.36. The van der Waals surface area contributed by atoms with E-state index in [-0.39, 0.29) is 0 Å². The molecular weight excluding hydrogens is 474 g/mol. The van der Waals surface area contributed by atoms with Gasteiger partial charge in [-0.05, 0) is 67.8 Å². The molecule has 0 spiro atoms. The third-order valence-corrected chi connectivity index (χ3v) is 7.47. The van der Waals surface area contributed by atoms with Gasteiger partial charge >= 0.3 is 0 Å². The van der Waals surface area contributed by atoms with Crippen LogP contribution in [0.2, 0.25) is 0 Å². The van der Waals surface area contributed by atoms with E-state index in [9.17, 15) is 9.59 Å². The zero-order chi connectivity index (χ0) is 26.1. The molecule has 1 fully saturated rings. The Morgan fingerprint density at radius 2 is 1.55 bits per heavy atom. The van der Waals surface area contributed by atoms with Crippen LogP contribution in [-0.4, -0.2) is 47.4 Å². The molecule has 6 rings (SSSR count). The van der Waals surface area contributed by atoms with Crippen molar-refractivity contribution in [2.75, 3.05) is 41.3 Å². The van der Waals surface area contributed by atoms with Crippen LogP contribution in [0.15, 0.2) is 78.9 Å². The molecule has 0 atom stereocenters. The second-order valence-corrected chi connectivity index (χ2v) is 9.96. The standard InChI is InChI=1S/C31H31N5O2/c1-22-7-5-11-28(32-22)35-19-17-34(18-20-35)25-14-12-24(13-15-25)33-31(38)30(37)29-27(23-8-3-2-4-9-23)21-26-10-6-16-36(26)29/h2-5,7-9,11-15,21H,6,10,16-20H2,1H3,(H,33,38). The number of amides is 1. The smallest absolute Gasteiger partial charge is 0.298 e. The van der Waals surface area contributed by atoms with Crippen LogP contribution < -0.4 is 15.1 Å². The number of nitrogens with one attached hydrogen (secondary N) is 1. The first-order valence-electron chi connectivity index (χ1n) is 13.2. The molecule has 4 aromatic rings. The van der Waals surface area contributed by atoms with Gasteiger partial charge in [0, 0.05) is 61.0 Å². The monoisotopic (exact) mass is 505 g/mol. The zero-order valence-electron chi connectivity index (χ0n) is 21.6. The predicted octanol–water partition coefficient (Wildman–Crippen LogP) is 4.95. The number of hydrogen-bond acceptors (Lipinski definition) is 5. The summed E-state index contributed by atoms with van der Waals surface area (Å²) in [5, 5.41) is 2.83. The lowest BCUT2D eigenvalue weighted by atomic mass is 10.0. The van der Waals surface area contributed by atoms with Gasteiger partial charge in [-0.3, -0.25) is 9.59 Å². The zero-order valence-corrected chi connectivity index (χ0v) is 21.6. The SMILES string of the molecule is Cc1cccc(N2CCN(c3ccc(NC(=O)C(=O)c4c(-c5ccccc5)cc5n4CCC5)cc3)CC2)n1. The number of nitrogens with zero attached hydrogens (tertiary/aromatic N) is 4. The Kier molecular flexibility index (Phi) is 6.42. The highest BCUT2D eigenvalue weighted by atomic mass is 16.2. The molecule has 0 aliphatic carbocycles. The molecule has 0 unspecified atom stereocenters. The molecule has 2 aromatic heterocycles. The molecule has 38 heavy (non-hydrogen) atoms. The van der Waals surface area contributed by atoms with Crippen molar-refractivity contribution in [3.05, 3.63) is 95.9 Å². The van der Waals surface area contributed by atoms with Gasteiger partial charge in [0.25, 0.3) is 11.7 Å². The van der Waals surface area contributed by atoms with Crippen molar-refractivity contribution in [3.8, 4) is 11.1 Å². The molecule has 0 radical (unpaired) electrons. The highest BCUT2D eigenvalue weighted by Crippen LogP contribution is 2.32. The first-order chi connectivity index (χ1) is 18.6. The van der Waals surface area contributed by atoms with E-state index >= 15 is 0 Å². The van der Waals surface area contributed by atoms with Crippen molar-refractivity contribution >= 4 is 28.9 Å². The van der Waals surface area contributed by atoms with Crippen LogP contribution in [0.1, 0.15) is 28.3 Å². The van der Waals surface area contributed by atoms with Gasteiger partial charge in [0.15, 0.2) is 0 Å². The van der Waals surface area contributed by atoms with Gasteiger partial charge in [0.1, 0.15) is 11.5 Å². The highest BCUT2D eigenvalue weighted by Gasteiger charge is 2.29. The van der Waals surface area contributed by atoms with Gasteiger partial charge in [-0.25, -0.2) is 4.98 Å². The Morgan fingerprint density at radius 1 is 0.816 bits per heavy atom. The number of ketones is 1. The van der Waals surface area contributed by atoms with Gasteiger partial charge < -0.3 is 19.7 Å². The number of aromatic nitrogens is 2. The normalized spacial score (nSPS) is 14.9. The topological polar surface area (TPSA) is 70.5 Å². The van der Waals surface area contributed by atoms with Crippen LogP contribution in [0.4, 0.5) is 17.2 Å². The molecule has 4 heterocycles. The summed E-state index contributed by atoms with van der Waals surface area (Å²) in [7, 11) is 0. The number of Topliss-reactive ketones (excluding diaryl/α,β-unsaturated/α-hetero) is 1. The van der Waals surface area contributed by atoms with Crippen molar-refractivity contribution in [2.45, 2.75) is 26.3 Å². The first-order valence-corrected chi connectivity index (χ1v) is 13.2. The summed E-state index contributed by atoms with van der Waals surface area (Å²) < 4.78 is 2.01. The van der Waals surface area contributed by atoms with Crippen molar-refractivity contribution < 1.29 is 9.59 Å². The van der Waals surface area contributed by atoms with Crippen molar-refractivity contribution in [3.63, 3.8) is 0 Å². The lowest BCUT2D eigenvalue weighted by molar-refractivity contribution is -0.112. The average molecular weight is 506 g/mol. The summed E-state index contributed by atoms with van der Waals surface area (Å²) >= 11 is 0. The number of rotatable bonds is 6. The Balaban J connectivity index is 1.12. The minimum atomic E-state index is -0.609. The Morgan fingerprint density at radius 3 is 2.29 bits per heavy atom. The number of benzene rings is 2. The Hall–Kier alpha value is -4.39. The minimum absolute atomic E-state index is 0.485. The lowest BCUT2D eigenvalue weighted by Crippen LogP contribution is -2.46. The minimum Gasteiger partial charge on any atom is -0.368 e. The summed E-state index contributed by atoms with van der Waals surface area (Å²) in [5.74, 6) is -0.0830. The summed E-state index contributed by atoms with van der Waals surface area (Å²) in [6.07, 6.45) is 1.91. The molecule has 2 aromatic carbocycles. The molecule has 2 aliphatic rings. The maximum atomic E-state index is 13.4. The van der Waals surface area contributed by atoms with Gasteiger partial charge in [-0.1, -0.05) is 36.4 Å². The van der Waals surface area contributed by atoms with E-state index in [0.717, 1.165) is 79.6 Å². The largest absolute Gasteiger partial charge is 0.368 e. The van der Waals surface area contributed by atoms with E-state index in [2.05, 4.69) is 32.2 Å². The summed E-state index contributed by atoms with van der Waals surface area (Å²) in [4.78, 5) is 35.8. The number of fused-ring (bicyclic) bond motifs is 1. The number of anilines is 3. The molecule has 0 bridgehead atoms. The third-order valence-electron chi connectivity index (χ3n) is 7.47. The molecule has 1 saturated heterocycles. The summed E-state index contributed by atoms with van der Waals surface area (Å²) in [5.41, 5.74) is 6.12. The fourth-order valence-electron chi connectivity index (χ4n) is 5.51. The van der Waals surface area contributed by atoms with Gasteiger partial charge in [-0.15, -0.1) is 0 Å². The van der Waals surface area contributed by atoms with E-state index in [0.29, 0.717) is 11.4 Å². The van der Waals surface area contributed by atoms with Gasteiger partial charge in [0.05, 0.1) is 0 Å². The van der Waals surface area contributed by atoms with Crippen LogP contribution >= 0.6 is 0 Å². The number of carbonyl (C=O) groups is 2. The number of piperazine rings is 1. The van der Waals surface area contributed by atoms with Crippen LogP contribution in [0.3, 0.4) is 0 Å². The molecule has 0 saturated carbocycles. The summed E-state index contributed by atoms with van der Waals surface area (Å²) in [6.45, 7) is 6.35. The fourth-order valence-corrected chi connectivity index (χ4v) is 5.51. The molecule has 7 heteroatoms. The Labute approximate surface area is 222 Å². The second-order valence-electron chi connectivity index (χ2n) is 9.96. The molecule has 2 aliphatic heterocycles. The average Bonchev–Trinajstić information content (AvgIpc) is 3.55. The van der Waals surface area contributed by atoms with Crippen LogP contribution in [-0.2, 0) is 17.8 Å². The van der Waals surface area contributed by atoms with E-state index in [1.807, 2.05) is 78.2 Å². The quantitative estimate of drug-likeness (QED) is 0.297. The van der Waals surface area contributed by atoms with Crippen LogP contribution in [0.25, 0.3) is 11.1 Å². The third kappa shape index (κ3) is 4.67. The van der Waals surface area contributed by atoms with E-state index < -0.39 is 11.7 Å². The number of pyridine rings is 1. The van der Waals surface area contributed by atoms with Crippen LogP contribution in [0, 0.1) is 6.92 Å². The van der Waals surface area contributed by atoms with Crippen molar-refractivity contribution in [1.82, 2.24) is 9.55 Å². The molecule has 1 N–H and O–H groups in total. The number of aryl methyl sites for hydroxylation is 2. The molecule has 7 nitrogen and oxygen atoms in total. The van der Waals surface area contributed by atoms with Gasteiger partial charge in [-0.2, -0.15) is 0 Å². The van der Waals surface area contributed by atoms with E-state index in [1.165, 1.54) is 0 Å². The second kappa shape index (κ2) is 10.2.